The molecule has 0 aromatic carbocycles. The molecular formula is C11H9NO4S. The second kappa shape index (κ2) is 4.92. The zero-order valence-corrected chi connectivity index (χ0v) is 9.52. The smallest absolute Gasteiger partial charge is 0.251 e. The van der Waals surface area contributed by atoms with E-state index in [0.717, 1.165) is 11.0 Å². The molecule has 0 radical (unpaired) electrons. The monoisotopic (exact) mass is 251 g/mol. The van der Waals surface area contributed by atoms with Crippen molar-refractivity contribution in [3.8, 4) is 5.75 Å². The largest absolute Gasteiger partial charge is 0.618 e. The summed E-state index contributed by atoms with van der Waals surface area (Å²) in [5, 5.41) is 20.8. The third-order valence-electron chi connectivity index (χ3n) is 2.02. The number of rotatable bonds is 3. The van der Waals surface area contributed by atoms with Crippen molar-refractivity contribution < 1.29 is 14.3 Å². The van der Waals surface area contributed by atoms with Crippen LogP contribution in [0, 0.1) is 5.21 Å². The van der Waals surface area contributed by atoms with Gasteiger partial charge in [-0.2, -0.15) is 4.73 Å². The van der Waals surface area contributed by atoms with Crippen molar-refractivity contribution in [2.45, 2.75) is 10.8 Å². The van der Waals surface area contributed by atoms with E-state index in [2.05, 4.69) is 0 Å². The Labute approximate surface area is 101 Å². The molecule has 0 amide bonds. The fourth-order valence-electron chi connectivity index (χ4n) is 1.19. The Morgan fingerprint density at radius 2 is 2.29 bits per heavy atom. The quantitative estimate of drug-likeness (QED) is 0.505. The standard InChI is InChI=1S/C11H9NO4S/c13-9-5-8(16-6-10(9)14)7-17-11-3-1-2-4-12(11)15/h1-6,14H,7H2. The van der Waals surface area contributed by atoms with Crippen molar-refractivity contribution in [1.82, 2.24) is 0 Å². The molecule has 2 heterocycles. The van der Waals surface area contributed by atoms with E-state index in [4.69, 9.17) is 9.52 Å². The highest BCUT2D eigenvalue weighted by molar-refractivity contribution is 7.98. The normalized spacial score (nSPS) is 10.4. The second-order valence-corrected chi connectivity index (χ2v) is 4.24. The van der Waals surface area contributed by atoms with Crippen LogP contribution < -0.4 is 10.2 Å². The first-order chi connectivity index (χ1) is 8.16. The lowest BCUT2D eigenvalue weighted by Gasteiger charge is -2.02. The van der Waals surface area contributed by atoms with Crippen LogP contribution in [-0.4, -0.2) is 5.11 Å². The minimum Gasteiger partial charge on any atom is -0.618 e. The van der Waals surface area contributed by atoms with Crippen molar-refractivity contribution in [1.29, 1.82) is 0 Å². The zero-order chi connectivity index (χ0) is 12.3. The van der Waals surface area contributed by atoms with Crippen molar-refractivity contribution in [2.75, 3.05) is 0 Å². The number of hydrogen-bond donors (Lipinski definition) is 1. The van der Waals surface area contributed by atoms with Crippen LogP contribution in [0.4, 0.5) is 0 Å². The topological polar surface area (TPSA) is 77.4 Å². The van der Waals surface area contributed by atoms with E-state index in [0.29, 0.717) is 16.5 Å². The maximum absolute atomic E-state index is 11.3. The summed E-state index contributed by atoms with van der Waals surface area (Å²) >= 11 is 1.25. The predicted octanol–water partition coefficient (Wildman–Crippen LogP) is 1.27. The Balaban J connectivity index is 2.10. The molecule has 17 heavy (non-hydrogen) atoms. The van der Waals surface area contributed by atoms with Gasteiger partial charge in [0, 0.05) is 18.2 Å². The summed E-state index contributed by atoms with van der Waals surface area (Å²) in [6.45, 7) is 0. The van der Waals surface area contributed by atoms with Gasteiger partial charge < -0.3 is 14.7 Å². The fraction of sp³-hybridized carbons (Fsp3) is 0.0909. The lowest BCUT2D eigenvalue weighted by molar-refractivity contribution is -0.645. The van der Waals surface area contributed by atoms with E-state index in [-0.39, 0.29) is 0 Å². The predicted molar refractivity (Wildman–Crippen MR) is 61.6 cm³/mol. The van der Waals surface area contributed by atoms with E-state index in [1.807, 2.05) is 0 Å². The first-order valence-corrected chi connectivity index (χ1v) is 5.77. The summed E-state index contributed by atoms with van der Waals surface area (Å²) in [5.41, 5.74) is -0.491. The maximum atomic E-state index is 11.3. The van der Waals surface area contributed by atoms with Crippen LogP contribution in [0.15, 0.2) is 51.0 Å². The number of hydrogen-bond acceptors (Lipinski definition) is 5. The number of nitrogens with zero attached hydrogens (tertiary/aromatic N) is 1. The number of aromatic hydroxyl groups is 1. The van der Waals surface area contributed by atoms with Crippen LogP contribution in [0.3, 0.4) is 0 Å². The highest BCUT2D eigenvalue weighted by Crippen LogP contribution is 2.19. The maximum Gasteiger partial charge on any atom is 0.251 e. The van der Waals surface area contributed by atoms with Crippen molar-refractivity contribution in [3.63, 3.8) is 0 Å². The minimum atomic E-state index is -0.491. The lowest BCUT2D eigenvalue weighted by atomic mass is 10.4. The molecule has 5 nitrogen and oxygen atoms in total. The molecule has 0 aliphatic rings. The van der Waals surface area contributed by atoms with Gasteiger partial charge in [-0.3, -0.25) is 4.79 Å². The van der Waals surface area contributed by atoms with Gasteiger partial charge in [-0.15, -0.1) is 0 Å². The van der Waals surface area contributed by atoms with Gasteiger partial charge in [0.2, 0.25) is 5.43 Å². The summed E-state index contributed by atoms with van der Waals surface area (Å²) in [5.74, 6) is 0.334. The zero-order valence-electron chi connectivity index (χ0n) is 8.70. The molecule has 0 saturated heterocycles. The first-order valence-electron chi connectivity index (χ1n) is 4.78. The SMILES string of the molecule is O=c1cc(CSc2cccc[n+]2[O-])occ1O. The Hall–Kier alpha value is -1.95. The first kappa shape index (κ1) is 11.5. The summed E-state index contributed by atoms with van der Waals surface area (Å²) in [6, 6.07) is 6.28. The molecule has 6 heteroatoms. The summed E-state index contributed by atoms with van der Waals surface area (Å²) in [6.07, 6.45) is 2.39. The number of pyridine rings is 1. The fourth-order valence-corrected chi connectivity index (χ4v) is 1.99. The van der Waals surface area contributed by atoms with E-state index in [9.17, 15) is 10.0 Å². The van der Waals surface area contributed by atoms with Gasteiger partial charge in [0.25, 0.3) is 5.03 Å². The molecule has 1 N–H and O–H groups in total. The van der Waals surface area contributed by atoms with Gasteiger partial charge in [0.1, 0.15) is 12.0 Å². The third kappa shape index (κ3) is 2.79. The molecule has 0 spiro atoms. The van der Waals surface area contributed by atoms with Crippen molar-refractivity contribution >= 4 is 11.8 Å². The summed E-state index contributed by atoms with van der Waals surface area (Å²) in [7, 11) is 0. The summed E-state index contributed by atoms with van der Waals surface area (Å²) in [4.78, 5) is 11.1. The Bertz CT molecular complexity index is 582. The molecule has 0 aliphatic carbocycles. The molecule has 88 valence electrons. The van der Waals surface area contributed by atoms with Crippen molar-refractivity contribution in [3.05, 3.63) is 57.9 Å². The van der Waals surface area contributed by atoms with Gasteiger partial charge in [-0.25, -0.2) is 0 Å². The van der Waals surface area contributed by atoms with Gasteiger partial charge >= 0.3 is 0 Å². The molecule has 0 fully saturated rings. The highest BCUT2D eigenvalue weighted by Gasteiger charge is 2.07. The molecule has 0 unspecified atom stereocenters. The molecule has 0 atom stereocenters. The van der Waals surface area contributed by atoms with E-state index in [1.54, 1.807) is 18.2 Å². The Morgan fingerprint density at radius 3 is 3.00 bits per heavy atom. The van der Waals surface area contributed by atoms with Crippen LogP contribution in [0.5, 0.6) is 5.75 Å². The van der Waals surface area contributed by atoms with E-state index in [1.165, 1.54) is 24.0 Å². The number of thioether (sulfide) groups is 1. The van der Waals surface area contributed by atoms with Crippen LogP contribution in [0.25, 0.3) is 0 Å². The molecule has 0 aliphatic heterocycles. The second-order valence-electron chi connectivity index (χ2n) is 3.25. The average molecular weight is 251 g/mol. The Kier molecular flexibility index (Phi) is 3.34. The highest BCUT2D eigenvalue weighted by atomic mass is 32.2. The molecule has 0 bridgehead atoms. The van der Waals surface area contributed by atoms with Gasteiger partial charge in [0.15, 0.2) is 11.9 Å². The van der Waals surface area contributed by atoms with Crippen LogP contribution in [0.1, 0.15) is 5.76 Å². The molecular weight excluding hydrogens is 242 g/mol. The average Bonchev–Trinajstić information content (AvgIpc) is 2.32. The Morgan fingerprint density at radius 1 is 1.47 bits per heavy atom. The van der Waals surface area contributed by atoms with Crippen LogP contribution in [-0.2, 0) is 5.75 Å². The summed E-state index contributed by atoms with van der Waals surface area (Å²) < 4.78 is 5.76. The van der Waals surface area contributed by atoms with E-state index < -0.39 is 11.2 Å². The number of aromatic nitrogens is 1. The van der Waals surface area contributed by atoms with Gasteiger partial charge in [0.05, 0.1) is 5.75 Å². The van der Waals surface area contributed by atoms with Gasteiger partial charge in [-0.1, -0.05) is 0 Å². The molecule has 0 saturated carbocycles. The lowest BCUT2D eigenvalue weighted by Crippen LogP contribution is -2.27. The molecule has 2 aromatic heterocycles. The van der Waals surface area contributed by atoms with Gasteiger partial charge in [-0.05, 0) is 17.8 Å². The van der Waals surface area contributed by atoms with Crippen LogP contribution in [0.2, 0.25) is 0 Å². The van der Waals surface area contributed by atoms with Crippen LogP contribution >= 0.6 is 11.8 Å². The molecule has 2 rings (SSSR count). The van der Waals surface area contributed by atoms with E-state index >= 15 is 0 Å². The van der Waals surface area contributed by atoms with Crippen molar-refractivity contribution in [2.24, 2.45) is 0 Å². The molecule has 2 aromatic rings. The minimum absolute atomic E-state index is 0.349. The third-order valence-corrected chi connectivity index (χ3v) is 3.06.